The molecule has 0 aliphatic heterocycles. The van der Waals surface area contributed by atoms with E-state index in [2.05, 4.69) is 10.6 Å². The number of para-hydroxylation sites is 1. The predicted octanol–water partition coefficient (Wildman–Crippen LogP) is 4.39. The molecule has 2 atom stereocenters. The highest BCUT2D eigenvalue weighted by molar-refractivity contribution is 6.00. The van der Waals surface area contributed by atoms with E-state index in [1.165, 1.54) is 11.0 Å². The van der Waals surface area contributed by atoms with Crippen LogP contribution in [0.15, 0.2) is 36.4 Å². The van der Waals surface area contributed by atoms with Crippen LogP contribution in [-0.4, -0.2) is 52.0 Å². The zero-order chi connectivity index (χ0) is 30.2. The van der Waals surface area contributed by atoms with Crippen molar-refractivity contribution in [3.63, 3.8) is 0 Å². The number of nitrogens with zero attached hydrogens (tertiary/aromatic N) is 1. The fourth-order valence-electron chi connectivity index (χ4n) is 4.33. The van der Waals surface area contributed by atoms with Gasteiger partial charge in [0.05, 0.1) is 0 Å². The summed E-state index contributed by atoms with van der Waals surface area (Å²) < 4.78 is 5.35. The lowest BCUT2D eigenvalue weighted by Gasteiger charge is -2.34. The number of hydrogen-bond donors (Lipinski definition) is 4. The lowest BCUT2D eigenvalue weighted by atomic mass is 9.98. The van der Waals surface area contributed by atoms with Crippen LogP contribution >= 0.6 is 0 Å². The van der Waals surface area contributed by atoms with Gasteiger partial charge >= 0.3 is 6.09 Å². The molecule has 2 rings (SSSR count). The quantitative estimate of drug-likeness (QED) is 0.323. The van der Waals surface area contributed by atoms with E-state index in [1.54, 1.807) is 39.8 Å². The summed E-state index contributed by atoms with van der Waals surface area (Å²) in [5, 5.41) is 15.7. The smallest absolute Gasteiger partial charge is 0.408 e. The van der Waals surface area contributed by atoms with Crippen molar-refractivity contribution in [1.82, 2.24) is 10.2 Å². The highest BCUT2D eigenvalue weighted by Gasteiger charge is 2.36. The number of ether oxygens (including phenoxy) is 1. The molecule has 0 radical (unpaired) electrons. The molecule has 0 spiro atoms. The van der Waals surface area contributed by atoms with Crippen LogP contribution in [0.1, 0.15) is 75.3 Å². The number of phenolic OH excluding ortho intramolecular Hbond substituents is 1. The van der Waals surface area contributed by atoms with Crippen molar-refractivity contribution < 1.29 is 29.0 Å². The summed E-state index contributed by atoms with van der Waals surface area (Å²) in [5.41, 5.74) is 7.89. The van der Waals surface area contributed by atoms with E-state index in [-0.39, 0.29) is 25.1 Å². The number of benzene rings is 2. The highest BCUT2D eigenvalue weighted by atomic mass is 16.6. The summed E-state index contributed by atoms with van der Waals surface area (Å²) in [4.78, 5) is 53.7. The number of nitrogens with two attached hydrogens (primary N) is 1. The second-order valence-corrected chi connectivity index (χ2v) is 10.9. The lowest BCUT2D eigenvalue weighted by molar-refractivity contribution is -0.141. The third-order valence-corrected chi connectivity index (χ3v) is 6.24. The van der Waals surface area contributed by atoms with Gasteiger partial charge in [0.25, 0.3) is 5.91 Å². The van der Waals surface area contributed by atoms with E-state index < -0.39 is 41.5 Å². The van der Waals surface area contributed by atoms with Crippen LogP contribution in [0, 0.1) is 20.8 Å². The Balaban J connectivity index is 2.58. The first kappa shape index (κ1) is 32.1. The fraction of sp³-hybridized carbons (Fsp3) is 0.467. The van der Waals surface area contributed by atoms with Crippen molar-refractivity contribution in [3.8, 4) is 5.75 Å². The summed E-state index contributed by atoms with van der Waals surface area (Å²) in [6.07, 6.45) is -0.564. The normalized spacial score (nSPS) is 12.7. The predicted molar refractivity (Wildman–Crippen MR) is 154 cm³/mol. The molecular formula is C30H42N4O6. The van der Waals surface area contributed by atoms with Crippen molar-refractivity contribution in [1.29, 1.82) is 0 Å². The number of anilines is 1. The third kappa shape index (κ3) is 9.00. The Hall–Kier alpha value is -4.08. The van der Waals surface area contributed by atoms with Crippen LogP contribution in [-0.2, 0) is 19.1 Å². The van der Waals surface area contributed by atoms with Crippen molar-refractivity contribution in [2.75, 3.05) is 11.9 Å². The van der Waals surface area contributed by atoms with E-state index in [4.69, 9.17) is 10.5 Å². The Morgan fingerprint density at radius 3 is 2.17 bits per heavy atom. The Morgan fingerprint density at radius 2 is 1.65 bits per heavy atom. The zero-order valence-corrected chi connectivity index (χ0v) is 24.5. The number of carbonyl (C=O) groups is 4. The highest BCUT2D eigenvalue weighted by Crippen LogP contribution is 2.30. The summed E-state index contributed by atoms with van der Waals surface area (Å²) in [6.45, 7) is 12.6. The molecular weight excluding hydrogens is 512 g/mol. The van der Waals surface area contributed by atoms with Gasteiger partial charge in [-0.25, -0.2) is 4.79 Å². The largest absolute Gasteiger partial charge is 0.508 e. The SMILES string of the molecule is CCCN(C(=O)C(CCC(N)=O)NC(=O)OC(C)(C)C)C(C(=O)Nc1c(C)cccc1C)c1ccc(O)c(C)c1. The molecule has 10 heteroatoms. The number of primary amides is 1. The maximum Gasteiger partial charge on any atom is 0.408 e. The van der Waals surface area contributed by atoms with Gasteiger partial charge in [-0.15, -0.1) is 0 Å². The van der Waals surface area contributed by atoms with Gasteiger partial charge in [0.2, 0.25) is 11.8 Å². The molecule has 0 aliphatic carbocycles. The van der Waals surface area contributed by atoms with E-state index in [0.29, 0.717) is 23.2 Å². The first-order chi connectivity index (χ1) is 18.6. The van der Waals surface area contributed by atoms with E-state index in [1.807, 2.05) is 39.0 Å². The Labute approximate surface area is 236 Å². The number of aryl methyl sites for hydroxylation is 3. The van der Waals surface area contributed by atoms with Gasteiger partial charge in [-0.3, -0.25) is 14.4 Å². The molecule has 0 aliphatic rings. The molecule has 0 fully saturated rings. The molecule has 0 heterocycles. The van der Waals surface area contributed by atoms with Crippen molar-refractivity contribution in [2.45, 2.75) is 85.4 Å². The van der Waals surface area contributed by atoms with Gasteiger partial charge in [-0.1, -0.05) is 31.2 Å². The van der Waals surface area contributed by atoms with Gasteiger partial charge in [-0.05, 0) is 88.8 Å². The van der Waals surface area contributed by atoms with Crippen LogP contribution in [0.4, 0.5) is 10.5 Å². The van der Waals surface area contributed by atoms with Crippen LogP contribution < -0.4 is 16.4 Å². The first-order valence-corrected chi connectivity index (χ1v) is 13.4. The number of alkyl carbamates (subject to hydrolysis) is 1. The number of rotatable bonds is 11. The van der Waals surface area contributed by atoms with Crippen LogP contribution in [0.25, 0.3) is 0 Å². The molecule has 5 N–H and O–H groups in total. The molecule has 0 saturated carbocycles. The fourth-order valence-corrected chi connectivity index (χ4v) is 4.33. The number of carbonyl (C=O) groups excluding carboxylic acids is 4. The molecule has 10 nitrogen and oxygen atoms in total. The van der Waals surface area contributed by atoms with E-state index in [0.717, 1.165) is 11.1 Å². The molecule has 0 saturated heterocycles. The van der Waals surface area contributed by atoms with Gasteiger partial charge in [-0.2, -0.15) is 0 Å². The molecule has 2 unspecified atom stereocenters. The zero-order valence-electron chi connectivity index (χ0n) is 24.5. The van der Waals surface area contributed by atoms with E-state index in [9.17, 15) is 24.3 Å². The second-order valence-electron chi connectivity index (χ2n) is 10.9. The van der Waals surface area contributed by atoms with E-state index >= 15 is 0 Å². The molecule has 2 aromatic rings. The molecule has 0 aromatic heterocycles. The topological polar surface area (TPSA) is 151 Å². The van der Waals surface area contributed by atoms with Crippen LogP contribution in [0.2, 0.25) is 0 Å². The summed E-state index contributed by atoms with van der Waals surface area (Å²) in [5.74, 6) is -1.61. The molecule has 4 amide bonds. The monoisotopic (exact) mass is 554 g/mol. The average Bonchev–Trinajstić information content (AvgIpc) is 2.84. The first-order valence-electron chi connectivity index (χ1n) is 13.4. The Bertz CT molecular complexity index is 1220. The molecule has 0 bridgehead atoms. The second kappa shape index (κ2) is 13.8. The van der Waals surface area contributed by atoms with Gasteiger partial charge in [0.15, 0.2) is 0 Å². The Morgan fingerprint density at radius 1 is 1.02 bits per heavy atom. The minimum Gasteiger partial charge on any atom is -0.508 e. The summed E-state index contributed by atoms with van der Waals surface area (Å²) in [7, 11) is 0. The lowest BCUT2D eigenvalue weighted by Crippen LogP contribution is -2.52. The number of aromatic hydroxyl groups is 1. The van der Waals surface area contributed by atoms with Crippen molar-refractivity contribution in [3.05, 3.63) is 58.7 Å². The van der Waals surface area contributed by atoms with Crippen LogP contribution in [0.3, 0.4) is 0 Å². The third-order valence-electron chi connectivity index (χ3n) is 6.24. The van der Waals surface area contributed by atoms with Crippen molar-refractivity contribution in [2.24, 2.45) is 5.73 Å². The van der Waals surface area contributed by atoms with Crippen LogP contribution in [0.5, 0.6) is 5.75 Å². The molecule has 218 valence electrons. The molecule has 2 aromatic carbocycles. The van der Waals surface area contributed by atoms with Gasteiger partial charge in [0, 0.05) is 18.7 Å². The van der Waals surface area contributed by atoms with Gasteiger partial charge in [0.1, 0.15) is 23.4 Å². The average molecular weight is 555 g/mol. The van der Waals surface area contributed by atoms with Crippen molar-refractivity contribution >= 4 is 29.5 Å². The number of hydrogen-bond acceptors (Lipinski definition) is 6. The Kier molecular flexibility index (Phi) is 11.1. The summed E-state index contributed by atoms with van der Waals surface area (Å²) in [6, 6.07) is 8.07. The minimum atomic E-state index is -1.18. The molecule has 40 heavy (non-hydrogen) atoms. The standard InChI is InChI=1S/C30H42N4O6/c1-8-16-34(28(38)22(13-15-24(31)36)32-29(39)40-30(5,6)7)26(21-12-14-23(35)20(4)17-21)27(37)33-25-18(2)10-9-11-19(25)3/h9-12,14,17,22,26,35H,8,13,15-16H2,1-7H3,(H2,31,36)(H,32,39)(H,33,37). The number of amides is 4. The maximum atomic E-state index is 14.1. The number of phenols is 1. The number of nitrogens with one attached hydrogen (secondary N) is 2. The summed E-state index contributed by atoms with van der Waals surface area (Å²) >= 11 is 0. The maximum absolute atomic E-state index is 14.1. The minimum absolute atomic E-state index is 0.0527. The van der Waals surface area contributed by atoms with Gasteiger partial charge < -0.3 is 31.1 Å².